The number of carbonyl (C=O) groups is 3. The Morgan fingerprint density at radius 1 is 1.29 bits per heavy atom. The summed E-state index contributed by atoms with van der Waals surface area (Å²) in [7, 11) is 0. The Morgan fingerprint density at radius 3 is 2.68 bits per heavy atom. The van der Waals surface area contributed by atoms with Crippen molar-refractivity contribution in [3.8, 4) is 0 Å². The SMILES string of the molecule is CCN1C(=O)N[C@H](c2ccccc2C(F)(F)F)C2=C1CN([C@@H](C)C(=O)NC[C@@H]1CCCO1)C2=O. The van der Waals surface area contributed by atoms with Crippen LogP contribution in [0.3, 0.4) is 0 Å². The van der Waals surface area contributed by atoms with Gasteiger partial charge in [0.05, 0.1) is 35.5 Å². The van der Waals surface area contributed by atoms with Gasteiger partial charge >= 0.3 is 12.2 Å². The zero-order chi connectivity index (χ0) is 24.6. The molecule has 0 aromatic heterocycles. The predicted octanol–water partition coefficient (Wildman–Crippen LogP) is 2.57. The Balaban J connectivity index is 1.62. The molecule has 0 saturated carbocycles. The molecule has 4 rings (SSSR count). The Bertz CT molecular complexity index is 1020. The highest BCUT2D eigenvalue weighted by molar-refractivity contribution is 6.03. The highest BCUT2D eigenvalue weighted by Gasteiger charge is 2.47. The van der Waals surface area contributed by atoms with E-state index in [1.807, 2.05) is 0 Å². The van der Waals surface area contributed by atoms with Gasteiger partial charge in [-0.25, -0.2) is 4.79 Å². The van der Waals surface area contributed by atoms with Crippen LogP contribution in [0, 0.1) is 0 Å². The molecule has 0 bridgehead atoms. The minimum atomic E-state index is -4.67. The van der Waals surface area contributed by atoms with Crippen LogP contribution in [0.25, 0.3) is 0 Å². The predicted molar refractivity (Wildman–Crippen MR) is 115 cm³/mol. The van der Waals surface area contributed by atoms with E-state index in [2.05, 4.69) is 10.6 Å². The Labute approximate surface area is 195 Å². The summed E-state index contributed by atoms with van der Waals surface area (Å²) in [5.74, 6) is -0.964. The lowest BCUT2D eigenvalue weighted by Crippen LogP contribution is -2.48. The normalized spacial score (nSPS) is 23.8. The molecule has 1 saturated heterocycles. The van der Waals surface area contributed by atoms with Crippen LogP contribution in [-0.2, 0) is 20.5 Å². The quantitative estimate of drug-likeness (QED) is 0.655. The van der Waals surface area contributed by atoms with Crippen LogP contribution in [0.2, 0.25) is 0 Å². The van der Waals surface area contributed by atoms with E-state index in [0.29, 0.717) is 18.8 Å². The second-order valence-electron chi connectivity index (χ2n) is 8.56. The van der Waals surface area contributed by atoms with E-state index in [0.717, 1.165) is 18.9 Å². The number of nitrogens with one attached hydrogen (secondary N) is 2. The maximum absolute atomic E-state index is 13.7. The number of likely N-dealkylation sites (N-methyl/N-ethyl adjacent to an activating group) is 1. The van der Waals surface area contributed by atoms with E-state index in [9.17, 15) is 27.6 Å². The largest absolute Gasteiger partial charge is 0.416 e. The summed E-state index contributed by atoms with van der Waals surface area (Å²) in [6.45, 7) is 4.41. The van der Waals surface area contributed by atoms with E-state index in [4.69, 9.17) is 4.74 Å². The first-order valence-electron chi connectivity index (χ1n) is 11.3. The number of halogens is 3. The van der Waals surface area contributed by atoms with Gasteiger partial charge in [0.15, 0.2) is 0 Å². The third kappa shape index (κ3) is 4.36. The summed E-state index contributed by atoms with van der Waals surface area (Å²) in [5, 5.41) is 5.35. The molecule has 2 N–H and O–H groups in total. The molecule has 3 atom stereocenters. The number of amides is 4. The molecule has 4 amide bonds. The molecule has 3 aliphatic heterocycles. The fourth-order valence-corrected chi connectivity index (χ4v) is 4.71. The molecule has 0 spiro atoms. The zero-order valence-electron chi connectivity index (χ0n) is 18.9. The third-order valence-corrected chi connectivity index (χ3v) is 6.52. The number of alkyl halides is 3. The summed E-state index contributed by atoms with van der Waals surface area (Å²) < 4.78 is 46.6. The van der Waals surface area contributed by atoms with Crippen molar-refractivity contribution in [1.29, 1.82) is 0 Å². The van der Waals surface area contributed by atoms with Gasteiger partial charge in [-0.05, 0) is 38.3 Å². The summed E-state index contributed by atoms with van der Waals surface area (Å²) in [6, 6.07) is 2.12. The van der Waals surface area contributed by atoms with Crippen molar-refractivity contribution in [3.63, 3.8) is 0 Å². The molecule has 3 heterocycles. The molecular weight excluding hydrogens is 453 g/mol. The van der Waals surface area contributed by atoms with Crippen LogP contribution in [0.15, 0.2) is 35.5 Å². The lowest BCUT2D eigenvalue weighted by molar-refractivity contribution is -0.138. The van der Waals surface area contributed by atoms with Gasteiger partial charge in [0.2, 0.25) is 5.91 Å². The summed E-state index contributed by atoms with van der Waals surface area (Å²) in [5.41, 5.74) is -0.767. The first kappa shape index (κ1) is 24.1. The van der Waals surface area contributed by atoms with Crippen molar-refractivity contribution in [2.75, 3.05) is 26.2 Å². The molecule has 1 fully saturated rings. The number of hydrogen-bond acceptors (Lipinski definition) is 4. The standard InChI is InChI=1S/C23H27F3N4O4/c1-3-29-17-12-30(13(2)20(31)27-11-14-7-6-10-34-14)21(32)18(17)19(28-22(29)33)15-8-4-5-9-16(15)23(24,25)26/h4-5,8-9,13-14,19H,3,6-7,10-12H2,1-2H3,(H,27,31)(H,28,33)/t13-,14-,19+/m0/s1. The Morgan fingerprint density at radius 2 is 2.03 bits per heavy atom. The third-order valence-electron chi connectivity index (χ3n) is 6.52. The monoisotopic (exact) mass is 480 g/mol. The molecule has 1 aromatic carbocycles. The van der Waals surface area contributed by atoms with Gasteiger partial charge in [0.25, 0.3) is 5.91 Å². The molecule has 184 valence electrons. The molecule has 1 aromatic rings. The molecule has 34 heavy (non-hydrogen) atoms. The molecule has 0 unspecified atom stereocenters. The second-order valence-corrected chi connectivity index (χ2v) is 8.56. The minimum absolute atomic E-state index is 0.0470. The van der Waals surface area contributed by atoms with Gasteiger partial charge in [-0.2, -0.15) is 13.2 Å². The van der Waals surface area contributed by atoms with Crippen molar-refractivity contribution in [3.05, 3.63) is 46.7 Å². The van der Waals surface area contributed by atoms with Crippen molar-refractivity contribution >= 4 is 17.8 Å². The smallest absolute Gasteiger partial charge is 0.376 e. The summed E-state index contributed by atoms with van der Waals surface area (Å²) in [4.78, 5) is 41.6. The number of benzene rings is 1. The second kappa shape index (κ2) is 9.28. The number of hydrogen-bond donors (Lipinski definition) is 2. The highest BCUT2D eigenvalue weighted by atomic mass is 19.4. The van der Waals surface area contributed by atoms with E-state index in [-0.39, 0.29) is 30.3 Å². The van der Waals surface area contributed by atoms with E-state index in [1.54, 1.807) is 13.8 Å². The van der Waals surface area contributed by atoms with Crippen LogP contribution in [-0.4, -0.2) is 66.0 Å². The van der Waals surface area contributed by atoms with Crippen LogP contribution in [0.5, 0.6) is 0 Å². The topological polar surface area (TPSA) is 91.0 Å². The molecule has 3 aliphatic rings. The van der Waals surface area contributed by atoms with Crippen molar-refractivity contribution in [2.45, 2.75) is 51.1 Å². The number of ether oxygens (including phenoxy) is 1. The van der Waals surface area contributed by atoms with E-state index < -0.39 is 41.7 Å². The molecule has 11 heteroatoms. The van der Waals surface area contributed by atoms with Crippen molar-refractivity contribution in [1.82, 2.24) is 20.4 Å². The Kier molecular flexibility index (Phi) is 6.57. The number of nitrogens with zero attached hydrogens (tertiary/aromatic N) is 2. The minimum Gasteiger partial charge on any atom is -0.376 e. The average Bonchev–Trinajstić information content (AvgIpc) is 3.44. The fourth-order valence-electron chi connectivity index (χ4n) is 4.71. The highest BCUT2D eigenvalue weighted by Crippen LogP contribution is 2.41. The van der Waals surface area contributed by atoms with Gasteiger partial charge in [0.1, 0.15) is 6.04 Å². The number of rotatable bonds is 6. The van der Waals surface area contributed by atoms with Crippen molar-refractivity contribution in [2.24, 2.45) is 0 Å². The zero-order valence-corrected chi connectivity index (χ0v) is 18.9. The van der Waals surface area contributed by atoms with E-state index in [1.165, 1.54) is 28.0 Å². The van der Waals surface area contributed by atoms with Crippen LogP contribution in [0.4, 0.5) is 18.0 Å². The van der Waals surface area contributed by atoms with Gasteiger partial charge < -0.3 is 20.3 Å². The maximum Gasteiger partial charge on any atom is 0.416 e. The Hall–Kier alpha value is -3.08. The lowest BCUT2D eigenvalue weighted by Gasteiger charge is -2.33. The van der Waals surface area contributed by atoms with Crippen molar-refractivity contribution < 1.29 is 32.3 Å². The first-order chi connectivity index (χ1) is 16.1. The van der Waals surface area contributed by atoms with Gasteiger partial charge in [-0.15, -0.1) is 0 Å². The van der Waals surface area contributed by atoms with E-state index >= 15 is 0 Å². The fraction of sp³-hybridized carbons (Fsp3) is 0.522. The van der Waals surface area contributed by atoms with Crippen LogP contribution >= 0.6 is 0 Å². The molecule has 8 nitrogen and oxygen atoms in total. The van der Waals surface area contributed by atoms with Gasteiger partial charge in [0, 0.05) is 19.7 Å². The number of carbonyl (C=O) groups excluding carboxylic acids is 3. The molecular formula is C23H27F3N4O4. The summed E-state index contributed by atoms with van der Waals surface area (Å²) in [6.07, 6.45) is -2.98. The molecule has 0 aliphatic carbocycles. The van der Waals surface area contributed by atoms with Gasteiger partial charge in [-0.3, -0.25) is 14.5 Å². The van der Waals surface area contributed by atoms with Crippen LogP contribution in [0.1, 0.15) is 43.9 Å². The molecule has 0 radical (unpaired) electrons. The first-order valence-corrected chi connectivity index (χ1v) is 11.3. The number of urea groups is 1. The summed E-state index contributed by atoms with van der Waals surface area (Å²) >= 11 is 0. The average molecular weight is 480 g/mol. The maximum atomic E-state index is 13.7. The lowest BCUT2D eigenvalue weighted by atomic mass is 9.91. The van der Waals surface area contributed by atoms with Gasteiger partial charge in [-0.1, -0.05) is 18.2 Å². The van der Waals surface area contributed by atoms with Crippen LogP contribution < -0.4 is 10.6 Å².